The topological polar surface area (TPSA) is 20.3 Å². The van der Waals surface area contributed by atoms with E-state index in [2.05, 4.69) is 25.7 Å². The molecule has 1 aliphatic heterocycles. The molecule has 0 amide bonds. The van der Waals surface area contributed by atoms with Crippen LogP contribution in [0.2, 0.25) is 0 Å². The third-order valence-electron chi connectivity index (χ3n) is 3.02. The Morgan fingerprint density at radius 1 is 1.31 bits per heavy atom. The van der Waals surface area contributed by atoms with E-state index >= 15 is 0 Å². The van der Waals surface area contributed by atoms with E-state index in [0.717, 1.165) is 32.5 Å². The molecular weight excluding hydrogens is 162 g/mol. The number of ketones is 1. The van der Waals surface area contributed by atoms with E-state index < -0.39 is 0 Å². The lowest BCUT2D eigenvalue weighted by atomic mass is 9.89. The van der Waals surface area contributed by atoms with Gasteiger partial charge in [0, 0.05) is 32.5 Å². The zero-order valence-electron chi connectivity index (χ0n) is 9.10. The Labute approximate surface area is 81.3 Å². The average Bonchev–Trinajstić information content (AvgIpc) is 2.09. The van der Waals surface area contributed by atoms with Crippen molar-refractivity contribution in [1.29, 1.82) is 0 Å². The normalized spacial score (nSPS) is 20.7. The molecule has 76 valence electrons. The number of hydrogen-bond acceptors (Lipinski definition) is 2. The molecule has 13 heavy (non-hydrogen) atoms. The van der Waals surface area contributed by atoms with Crippen LogP contribution in [0.3, 0.4) is 0 Å². The van der Waals surface area contributed by atoms with Crippen molar-refractivity contribution in [3.8, 4) is 0 Å². The van der Waals surface area contributed by atoms with Crippen LogP contribution >= 0.6 is 0 Å². The smallest absolute Gasteiger partial charge is 0.135 e. The zero-order valence-corrected chi connectivity index (χ0v) is 9.10. The maximum atomic E-state index is 11.0. The Morgan fingerprint density at radius 2 is 1.85 bits per heavy atom. The fraction of sp³-hybridized carbons (Fsp3) is 0.909. The quantitative estimate of drug-likeness (QED) is 0.667. The van der Waals surface area contributed by atoms with Gasteiger partial charge < -0.3 is 4.90 Å². The molecule has 0 aromatic rings. The molecule has 0 unspecified atom stereocenters. The second-order valence-corrected chi connectivity index (χ2v) is 4.83. The number of likely N-dealkylation sites (tertiary alicyclic amines) is 1. The molecule has 1 aliphatic rings. The first kappa shape index (κ1) is 10.7. The number of piperidine rings is 1. The van der Waals surface area contributed by atoms with Gasteiger partial charge in [0.2, 0.25) is 0 Å². The molecule has 1 fully saturated rings. The van der Waals surface area contributed by atoms with Crippen LogP contribution < -0.4 is 0 Å². The molecule has 0 aromatic heterocycles. The fourth-order valence-electron chi connectivity index (χ4n) is 1.68. The first-order chi connectivity index (χ1) is 6.03. The van der Waals surface area contributed by atoms with Gasteiger partial charge in [-0.15, -0.1) is 0 Å². The molecule has 0 N–H and O–H groups in total. The van der Waals surface area contributed by atoms with Crippen LogP contribution in [0.15, 0.2) is 0 Å². The molecular formula is C11H21NO. The summed E-state index contributed by atoms with van der Waals surface area (Å²) in [5, 5.41) is 0. The number of carbonyl (C=O) groups excluding carboxylic acids is 1. The Balaban J connectivity index is 2.34. The molecule has 0 saturated carbocycles. The molecule has 0 radical (unpaired) electrons. The largest absolute Gasteiger partial charge is 0.302 e. The first-order valence-corrected chi connectivity index (χ1v) is 5.27. The van der Waals surface area contributed by atoms with Crippen LogP contribution in [0.5, 0.6) is 0 Å². The van der Waals surface area contributed by atoms with Crippen molar-refractivity contribution in [2.24, 2.45) is 5.41 Å². The van der Waals surface area contributed by atoms with Gasteiger partial charge in [-0.05, 0) is 11.8 Å². The summed E-state index contributed by atoms with van der Waals surface area (Å²) in [7, 11) is 0. The van der Waals surface area contributed by atoms with Gasteiger partial charge in [-0.25, -0.2) is 0 Å². The lowest BCUT2D eigenvalue weighted by molar-refractivity contribution is -0.121. The summed E-state index contributed by atoms with van der Waals surface area (Å²) in [5.41, 5.74) is 0.403. The number of hydrogen-bond donors (Lipinski definition) is 0. The minimum atomic E-state index is 0.403. The van der Waals surface area contributed by atoms with E-state index in [1.807, 2.05) is 0 Å². The van der Waals surface area contributed by atoms with Gasteiger partial charge in [0.1, 0.15) is 5.78 Å². The number of Topliss-reactive ketones (excluding diaryl/α,β-unsaturated/α-hetero) is 1. The lowest BCUT2D eigenvalue weighted by Crippen LogP contribution is -2.39. The van der Waals surface area contributed by atoms with Gasteiger partial charge in [0.25, 0.3) is 0 Å². The molecule has 0 aromatic carbocycles. The summed E-state index contributed by atoms with van der Waals surface area (Å²) in [4.78, 5) is 13.4. The summed E-state index contributed by atoms with van der Waals surface area (Å²) in [5.74, 6) is 0.436. The summed E-state index contributed by atoms with van der Waals surface area (Å²) < 4.78 is 0. The number of carbonyl (C=O) groups is 1. The molecule has 0 aliphatic carbocycles. The van der Waals surface area contributed by atoms with E-state index in [4.69, 9.17) is 0 Å². The van der Waals surface area contributed by atoms with Gasteiger partial charge in [0.05, 0.1) is 0 Å². The summed E-state index contributed by atoms with van der Waals surface area (Å²) in [6, 6.07) is 0. The zero-order chi connectivity index (χ0) is 9.90. The Bertz CT molecular complexity index is 177. The van der Waals surface area contributed by atoms with Gasteiger partial charge in [-0.2, -0.15) is 0 Å². The molecule has 0 atom stereocenters. The molecule has 2 heteroatoms. The molecule has 2 nitrogen and oxygen atoms in total. The third-order valence-corrected chi connectivity index (χ3v) is 3.02. The van der Waals surface area contributed by atoms with E-state index in [1.54, 1.807) is 0 Å². The van der Waals surface area contributed by atoms with Crippen molar-refractivity contribution in [1.82, 2.24) is 4.90 Å². The van der Waals surface area contributed by atoms with E-state index in [0.29, 0.717) is 11.2 Å². The highest BCUT2D eigenvalue weighted by Gasteiger charge is 2.22. The molecule has 0 bridgehead atoms. The van der Waals surface area contributed by atoms with Gasteiger partial charge in [-0.3, -0.25) is 4.79 Å². The Hall–Kier alpha value is -0.370. The molecule has 1 heterocycles. The average molecular weight is 183 g/mol. The SMILES string of the molecule is CCC(C)(C)CN1CCC(=O)CC1. The van der Waals surface area contributed by atoms with Gasteiger partial charge >= 0.3 is 0 Å². The maximum absolute atomic E-state index is 11.0. The van der Waals surface area contributed by atoms with E-state index in [1.165, 1.54) is 6.42 Å². The van der Waals surface area contributed by atoms with Crippen LogP contribution in [0.25, 0.3) is 0 Å². The minimum Gasteiger partial charge on any atom is -0.302 e. The van der Waals surface area contributed by atoms with Gasteiger partial charge in [0.15, 0.2) is 0 Å². The highest BCUT2D eigenvalue weighted by atomic mass is 16.1. The minimum absolute atomic E-state index is 0.403. The van der Waals surface area contributed by atoms with E-state index in [-0.39, 0.29) is 0 Å². The predicted molar refractivity (Wildman–Crippen MR) is 54.8 cm³/mol. The van der Waals surface area contributed by atoms with Crippen LogP contribution in [0.1, 0.15) is 40.0 Å². The fourth-order valence-corrected chi connectivity index (χ4v) is 1.68. The third kappa shape index (κ3) is 3.47. The summed E-state index contributed by atoms with van der Waals surface area (Å²) in [6.07, 6.45) is 2.73. The molecule has 0 spiro atoms. The van der Waals surface area contributed by atoms with Crippen molar-refractivity contribution in [2.45, 2.75) is 40.0 Å². The Kier molecular flexibility index (Phi) is 3.48. The van der Waals surface area contributed by atoms with Crippen LogP contribution in [-0.2, 0) is 4.79 Å². The highest BCUT2D eigenvalue weighted by molar-refractivity contribution is 5.79. The molecule has 1 rings (SSSR count). The van der Waals surface area contributed by atoms with Gasteiger partial charge in [-0.1, -0.05) is 20.8 Å². The lowest BCUT2D eigenvalue weighted by Gasteiger charge is -2.33. The van der Waals surface area contributed by atoms with Crippen LogP contribution in [-0.4, -0.2) is 30.3 Å². The van der Waals surface area contributed by atoms with Crippen molar-refractivity contribution in [2.75, 3.05) is 19.6 Å². The van der Waals surface area contributed by atoms with Crippen molar-refractivity contribution in [3.63, 3.8) is 0 Å². The van der Waals surface area contributed by atoms with Crippen molar-refractivity contribution in [3.05, 3.63) is 0 Å². The van der Waals surface area contributed by atoms with Crippen LogP contribution in [0, 0.1) is 5.41 Å². The molecule has 1 saturated heterocycles. The van der Waals surface area contributed by atoms with E-state index in [9.17, 15) is 4.79 Å². The first-order valence-electron chi connectivity index (χ1n) is 5.27. The number of rotatable bonds is 3. The number of nitrogens with zero attached hydrogens (tertiary/aromatic N) is 1. The predicted octanol–water partition coefficient (Wildman–Crippen LogP) is 2.09. The maximum Gasteiger partial charge on any atom is 0.135 e. The monoisotopic (exact) mass is 183 g/mol. The van der Waals surface area contributed by atoms with Crippen molar-refractivity contribution >= 4 is 5.78 Å². The standard InChI is InChI=1S/C11H21NO/c1-4-11(2,3)9-12-7-5-10(13)6-8-12/h4-9H2,1-3H3. The van der Waals surface area contributed by atoms with Crippen LogP contribution in [0.4, 0.5) is 0 Å². The highest BCUT2D eigenvalue weighted by Crippen LogP contribution is 2.22. The Morgan fingerprint density at radius 3 is 2.31 bits per heavy atom. The second-order valence-electron chi connectivity index (χ2n) is 4.83. The summed E-state index contributed by atoms with van der Waals surface area (Å²) in [6.45, 7) is 9.91. The van der Waals surface area contributed by atoms with Crippen molar-refractivity contribution < 1.29 is 4.79 Å². The second kappa shape index (κ2) is 4.23. The summed E-state index contributed by atoms with van der Waals surface area (Å²) >= 11 is 0.